The van der Waals surface area contributed by atoms with Gasteiger partial charge >= 0.3 is 0 Å². The molecular weight excluding hydrogens is 356 g/mol. The molecule has 4 rings (SSSR count). The minimum Gasteiger partial charge on any atom is -0.486 e. The minimum atomic E-state index is -0.256. The Balaban J connectivity index is 1.53. The quantitative estimate of drug-likeness (QED) is 0.891. The number of ether oxygens (including phenoxy) is 2. The zero-order valence-electron chi connectivity index (χ0n) is 14.6. The Hall–Kier alpha value is -2.28. The van der Waals surface area contributed by atoms with Gasteiger partial charge in [0.25, 0.3) is 5.91 Å². The van der Waals surface area contributed by atoms with E-state index in [1.54, 1.807) is 12.1 Å². The molecule has 0 aliphatic carbocycles. The molecular formula is C18H21ClN4O3. The van der Waals surface area contributed by atoms with Crippen molar-refractivity contribution in [3.8, 4) is 11.5 Å². The van der Waals surface area contributed by atoms with Gasteiger partial charge in [0.05, 0.1) is 11.1 Å². The van der Waals surface area contributed by atoms with E-state index >= 15 is 0 Å². The first kappa shape index (κ1) is 17.1. The molecule has 0 spiro atoms. The number of benzene rings is 1. The topological polar surface area (TPSA) is 78.3 Å². The molecule has 1 N–H and O–H groups in total. The molecule has 0 bridgehead atoms. The standard InChI is InChI=1S/C18H21ClN4O3/c1-11(17-22-21-15-5-3-2-4-6-23(15)17)20-18(24)12-9-13(19)16-14(10-12)25-7-8-26-16/h9-11H,2-8H2,1H3,(H,20,24)/t11-/m0/s1. The van der Waals surface area contributed by atoms with Crippen LogP contribution in [0.1, 0.15) is 54.2 Å². The summed E-state index contributed by atoms with van der Waals surface area (Å²) in [6.07, 6.45) is 4.37. The first-order valence-electron chi connectivity index (χ1n) is 8.95. The summed E-state index contributed by atoms with van der Waals surface area (Å²) in [5.74, 6) is 2.55. The Labute approximate surface area is 156 Å². The van der Waals surface area contributed by atoms with Crippen LogP contribution in [0.15, 0.2) is 12.1 Å². The van der Waals surface area contributed by atoms with Gasteiger partial charge in [-0.05, 0) is 31.9 Å². The lowest BCUT2D eigenvalue weighted by molar-refractivity contribution is 0.0936. The molecule has 3 heterocycles. The van der Waals surface area contributed by atoms with Crippen LogP contribution in [0.3, 0.4) is 0 Å². The smallest absolute Gasteiger partial charge is 0.252 e. The highest BCUT2D eigenvalue weighted by molar-refractivity contribution is 6.32. The van der Waals surface area contributed by atoms with Crippen LogP contribution in [0, 0.1) is 0 Å². The maximum absolute atomic E-state index is 12.7. The van der Waals surface area contributed by atoms with Crippen molar-refractivity contribution in [3.05, 3.63) is 34.4 Å². The van der Waals surface area contributed by atoms with E-state index in [2.05, 4.69) is 20.1 Å². The van der Waals surface area contributed by atoms with Crippen LogP contribution in [0.4, 0.5) is 0 Å². The molecule has 2 aromatic rings. The highest BCUT2D eigenvalue weighted by Crippen LogP contribution is 2.38. The number of carbonyl (C=O) groups excluding carboxylic acids is 1. The van der Waals surface area contributed by atoms with Crippen LogP contribution in [-0.2, 0) is 13.0 Å². The van der Waals surface area contributed by atoms with Crippen molar-refractivity contribution >= 4 is 17.5 Å². The van der Waals surface area contributed by atoms with Crippen LogP contribution < -0.4 is 14.8 Å². The van der Waals surface area contributed by atoms with E-state index in [-0.39, 0.29) is 11.9 Å². The monoisotopic (exact) mass is 376 g/mol. The number of rotatable bonds is 3. The molecule has 0 unspecified atom stereocenters. The van der Waals surface area contributed by atoms with Gasteiger partial charge in [0.2, 0.25) is 0 Å². The Morgan fingerprint density at radius 3 is 2.96 bits per heavy atom. The highest BCUT2D eigenvalue weighted by Gasteiger charge is 2.23. The molecule has 0 saturated heterocycles. The third-order valence-electron chi connectivity index (χ3n) is 4.73. The maximum atomic E-state index is 12.7. The third kappa shape index (κ3) is 3.23. The molecule has 1 aromatic carbocycles. The summed E-state index contributed by atoms with van der Waals surface area (Å²) in [5, 5.41) is 12.0. The van der Waals surface area contributed by atoms with Crippen molar-refractivity contribution in [2.24, 2.45) is 0 Å². The lowest BCUT2D eigenvalue weighted by Gasteiger charge is -2.20. The average molecular weight is 377 g/mol. The largest absolute Gasteiger partial charge is 0.486 e. The first-order chi connectivity index (χ1) is 12.6. The number of carbonyl (C=O) groups is 1. The van der Waals surface area contributed by atoms with E-state index in [1.165, 1.54) is 6.42 Å². The zero-order chi connectivity index (χ0) is 18.1. The second-order valence-electron chi connectivity index (χ2n) is 6.61. The van der Waals surface area contributed by atoms with Gasteiger partial charge in [-0.1, -0.05) is 18.0 Å². The van der Waals surface area contributed by atoms with Crippen molar-refractivity contribution in [1.29, 1.82) is 0 Å². The number of aromatic nitrogens is 3. The number of amides is 1. The van der Waals surface area contributed by atoms with E-state index in [4.69, 9.17) is 21.1 Å². The SMILES string of the molecule is C[C@H](NC(=O)c1cc(Cl)c2c(c1)OCCO2)c1nnc2n1CCCCC2. The summed E-state index contributed by atoms with van der Waals surface area (Å²) in [6.45, 7) is 3.71. The number of halogens is 1. The van der Waals surface area contributed by atoms with Crippen molar-refractivity contribution < 1.29 is 14.3 Å². The number of hydrogen-bond donors (Lipinski definition) is 1. The second-order valence-corrected chi connectivity index (χ2v) is 7.02. The fourth-order valence-electron chi connectivity index (χ4n) is 3.41. The minimum absolute atomic E-state index is 0.234. The number of hydrogen-bond acceptors (Lipinski definition) is 5. The van der Waals surface area contributed by atoms with Gasteiger partial charge in [-0.2, -0.15) is 0 Å². The number of nitrogens with zero attached hydrogens (tertiary/aromatic N) is 3. The molecule has 138 valence electrons. The van der Waals surface area contributed by atoms with E-state index in [9.17, 15) is 4.79 Å². The number of fused-ring (bicyclic) bond motifs is 2. The Morgan fingerprint density at radius 1 is 1.23 bits per heavy atom. The van der Waals surface area contributed by atoms with E-state index < -0.39 is 0 Å². The summed E-state index contributed by atoms with van der Waals surface area (Å²) >= 11 is 6.23. The summed E-state index contributed by atoms with van der Waals surface area (Å²) in [4.78, 5) is 12.7. The van der Waals surface area contributed by atoms with E-state index in [0.717, 1.165) is 37.5 Å². The number of nitrogens with one attached hydrogen (secondary N) is 1. The maximum Gasteiger partial charge on any atom is 0.252 e. The Morgan fingerprint density at radius 2 is 2.08 bits per heavy atom. The summed E-state index contributed by atoms with van der Waals surface area (Å²) in [7, 11) is 0. The highest BCUT2D eigenvalue weighted by atomic mass is 35.5. The third-order valence-corrected chi connectivity index (χ3v) is 5.01. The summed E-state index contributed by atoms with van der Waals surface area (Å²) < 4.78 is 13.2. The second kappa shape index (κ2) is 7.15. The molecule has 1 amide bonds. The zero-order valence-corrected chi connectivity index (χ0v) is 15.4. The summed E-state index contributed by atoms with van der Waals surface area (Å²) in [6, 6.07) is 3.00. The normalized spacial score (nSPS) is 17.2. The van der Waals surface area contributed by atoms with Crippen LogP contribution in [-0.4, -0.2) is 33.9 Å². The van der Waals surface area contributed by atoms with Crippen LogP contribution >= 0.6 is 11.6 Å². The van der Waals surface area contributed by atoms with Gasteiger partial charge in [-0.25, -0.2) is 0 Å². The molecule has 2 aliphatic rings. The van der Waals surface area contributed by atoms with Gasteiger partial charge in [0.1, 0.15) is 19.0 Å². The molecule has 2 aliphatic heterocycles. The van der Waals surface area contributed by atoms with E-state index in [1.807, 2.05) is 6.92 Å². The first-order valence-corrected chi connectivity index (χ1v) is 9.33. The molecule has 0 saturated carbocycles. The molecule has 7 nitrogen and oxygen atoms in total. The summed E-state index contributed by atoms with van der Waals surface area (Å²) in [5.41, 5.74) is 0.432. The Kier molecular flexibility index (Phi) is 4.72. The van der Waals surface area contributed by atoms with Crippen molar-refractivity contribution in [3.63, 3.8) is 0 Å². The average Bonchev–Trinajstić information content (AvgIpc) is 2.90. The van der Waals surface area contributed by atoms with Crippen LogP contribution in [0.2, 0.25) is 5.02 Å². The molecule has 8 heteroatoms. The predicted molar refractivity (Wildman–Crippen MR) is 95.9 cm³/mol. The van der Waals surface area contributed by atoms with Crippen LogP contribution in [0.25, 0.3) is 0 Å². The van der Waals surface area contributed by atoms with Crippen molar-refractivity contribution in [2.45, 2.75) is 45.2 Å². The lowest BCUT2D eigenvalue weighted by Crippen LogP contribution is -2.29. The van der Waals surface area contributed by atoms with Crippen LogP contribution in [0.5, 0.6) is 11.5 Å². The van der Waals surface area contributed by atoms with Crippen molar-refractivity contribution in [2.75, 3.05) is 13.2 Å². The lowest BCUT2D eigenvalue weighted by atomic mass is 10.1. The molecule has 1 aromatic heterocycles. The van der Waals surface area contributed by atoms with Gasteiger partial charge in [0.15, 0.2) is 17.3 Å². The fourth-order valence-corrected chi connectivity index (χ4v) is 3.68. The molecule has 1 atom stereocenters. The van der Waals surface area contributed by atoms with Gasteiger partial charge in [0, 0.05) is 18.5 Å². The Bertz CT molecular complexity index is 836. The fraction of sp³-hybridized carbons (Fsp3) is 0.500. The number of aryl methyl sites for hydroxylation is 1. The molecule has 0 radical (unpaired) electrons. The van der Waals surface area contributed by atoms with Gasteiger partial charge < -0.3 is 19.4 Å². The van der Waals surface area contributed by atoms with Crippen molar-refractivity contribution in [1.82, 2.24) is 20.1 Å². The van der Waals surface area contributed by atoms with Gasteiger partial charge in [-0.3, -0.25) is 4.79 Å². The van der Waals surface area contributed by atoms with E-state index in [0.29, 0.717) is 35.3 Å². The van der Waals surface area contributed by atoms with Gasteiger partial charge in [-0.15, -0.1) is 10.2 Å². The molecule has 26 heavy (non-hydrogen) atoms. The predicted octanol–water partition coefficient (Wildman–Crippen LogP) is 2.92. The molecule has 0 fully saturated rings.